The molecular weight excluding hydrogens is 282 g/mol. The van der Waals surface area contributed by atoms with Gasteiger partial charge in [0.25, 0.3) is 5.91 Å². The number of amides is 1. The van der Waals surface area contributed by atoms with Crippen LogP contribution in [0.15, 0.2) is 36.4 Å². The van der Waals surface area contributed by atoms with Crippen LogP contribution >= 0.6 is 0 Å². The maximum Gasteiger partial charge on any atom is 0.251 e. The highest BCUT2D eigenvalue weighted by Crippen LogP contribution is 2.32. The topological polar surface area (TPSA) is 56.8 Å². The minimum atomic E-state index is -0.0904. The molecule has 4 rings (SSSR count). The molecule has 0 aliphatic carbocycles. The summed E-state index contributed by atoms with van der Waals surface area (Å²) >= 11 is 0. The van der Waals surface area contributed by atoms with Gasteiger partial charge < -0.3 is 19.5 Å². The molecule has 5 nitrogen and oxygen atoms in total. The minimum Gasteiger partial charge on any atom is -0.493 e. The van der Waals surface area contributed by atoms with Gasteiger partial charge in [-0.2, -0.15) is 0 Å². The maximum absolute atomic E-state index is 12.2. The van der Waals surface area contributed by atoms with Gasteiger partial charge in [0.15, 0.2) is 11.5 Å². The van der Waals surface area contributed by atoms with Gasteiger partial charge in [0.05, 0.1) is 6.61 Å². The fourth-order valence-electron chi connectivity index (χ4n) is 2.66. The van der Waals surface area contributed by atoms with Crippen molar-refractivity contribution >= 4 is 5.91 Å². The van der Waals surface area contributed by atoms with E-state index in [-0.39, 0.29) is 12.7 Å². The van der Waals surface area contributed by atoms with Gasteiger partial charge in [-0.3, -0.25) is 4.79 Å². The van der Waals surface area contributed by atoms with Crippen LogP contribution in [0.2, 0.25) is 0 Å². The summed E-state index contributed by atoms with van der Waals surface area (Å²) < 4.78 is 16.0. The molecule has 1 N–H and O–H groups in total. The molecule has 0 saturated heterocycles. The van der Waals surface area contributed by atoms with Gasteiger partial charge >= 0.3 is 0 Å². The number of nitrogens with one attached hydrogen (secondary N) is 1. The zero-order chi connectivity index (χ0) is 14.9. The number of ether oxygens (including phenoxy) is 3. The van der Waals surface area contributed by atoms with Crippen molar-refractivity contribution in [3.8, 4) is 17.2 Å². The summed E-state index contributed by atoms with van der Waals surface area (Å²) in [7, 11) is 0. The third kappa shape index (κ3) is 2.35. The molecule has 0 spiro atoms. The van der Waals surface area contributed by atoms with E-state index in [9.17, 15) is 4.79 Å². The van der Waals surface area contributed by atoms with Crippen molar-refractivity contribution in [3.63, 3.8) is 0 Å². The highest BCUT2D eigenvalue weighted by Gasteiger charge is 2.16. The van der Waals surface area contributed by atoms with Gasteiger partial charge in [-0.1, -0.05) is 6.07 Å². The molecule has 0 atom stereocenters. The molecule has 0 saturated carbocycles. The van der Waals surface area contributed by atoms with E-state index in [4.69, 9.17) is 14.2 Å². The van der Waals surface area contributed by atoms with Crippen LogP contribution in [0.25, 0.3) is 0 Å². The lowest BCUT2D eigenvalue weighted by Gasteiger charge is -2.07. The zero-order valence-corrected chi connectivity index (χ0v) is 11.9. The number of carbonyl (C=O) groups excluding carboxylic acids is 1. The van der Waals surface area contributed by atoms with E-state index in [1.807, 2.05) is 30.3 Å². The van der Waals surface area contributed by atoms with Crippen LogP contribution < -0.4 is 19.5 Å². The van der Waals surface area contributed by atoms with Crippen LogP contribution in [0.4, 0.5) is 0 Å². The van der Waals surface area contributed by atoms with Crippen molar-refractivity contribution in [3.05, 3.63) is 53.1 Å². The van der Waals surface area contributed by atoms with E-state index in [0.29, 0.717) is 18.7 Å². The first kappa shape index (κ1) is 13.0. The van der Waals surface area contributed by atoms with Gasteiger partial charge in [-0.05, 0) is 41.5 Å². The molecule has 0 aromatic heterocycles. The van der Waals surface area contributed by atoms with E-state index in [1.165, 1.54) is 0 Å². The first-order chi connectivity index (χ1) is 10.8. The van der Waals surface area contributed by atoms with Gasteiger partial charge in [-0.15, -0.1) is 0 Å². The minimum absolute atomic E-state index is 0.0904. The highest BCUT2D eigenvalue weighted by atomic mass is 16.7. The number of hydrogen-bond acceptors (Lipinski definition) is 4. The third-order valence-corrected chi connectivity index (χ3v) is 3.84. The van der Waals surface area contributed by atoms with Crippen molar-refractivity contribution in [2.24, 2.45) is 0 Å². The summed E-state index contributed by atoms with van der Waals surface area (Å²) in [4.78, 5) is 12.2. The van der Waals surface area contributed by atoms with E-state index in [2.05, 4.69) is 5.32 Å². The Labute approximate surface area is 127 Å². The Bertz CT molecular complexity index is 741. The molecule has 112 valence electrons. The molecule has 2 aliphatic heterocycles. The number of rotatable bonds is 3. The van der Waals surface area contributed by atoms with E-state index >= 15 is 0 Å². The Balaban J connectivity index is 1.44. The third-order valence-electron chi connectivity index (χ3n) is 3.84. The van der Waals surface area contributed by atoms with Crippen LogP contribution in [0.5, 0.6) is 17.2 Å². The first-order valence-corrected chi connectivity index (χ1v) is 7.22. The molecule has 0 fully saturated rings. The SMILES string of the molecule is O=C(NCc1ccc2c(c1)OCO2)c1ccc2c(c1)CCO2. The number of hydrogen-bond donors (Lipinski definition) is 1. The summed E-state index contributed by atoms with van der Waals surface area (Å²) in [5.41, 5.74) is 2.72. The van der Waals surface area contributed by atoms with E-state index < -0.39 is 0 Å². The molecule has 2 aromatic rings. The van der Waals surface area contributed by atoms with Crippen molar-refractivity contribution in [2.45, 2.75) is 13.0 Å². The number of benzene rings is 2. The number of fused-ring (bicyclic) bond motifs is 2. The second-order valence-corrected chi connectivity index (χ2v) is 5.29. The Kier molecular flexibility index (Phi) is 3.11. The Hall–Kier alpha value is -2.69. The molecule has 0 radical (unpaired) electrons. The summed E-state index contributed by atoms with van der Waals surface area (Å²) in [5, 5.41) is 2.92. The molecule has 0 bridgehead atoms. The van der Waals surface area contributed by atoms with Crippen LogP contribution in [0.1, 0.15) is 21.5 Å². The van der Waals surface area contributed by atoms with Crippen molar-refractivity contribution in [1.82, 2.24) is 5.32 Å². The molecule has 1 amide bonds. The smallest absolute Gasteiger partial charge is 0.251 e. The maximum atomic E-state index is 12.2. The monoisotopic (exact) mass is 297 g/mol. The van der Waals surface area contributed by atoms with Crippen LogP contribution in [0.3, 0.4) is 0 Å². The molecule has 5 heteroatoms. The predicted molar refractivity (Wildman–Crippen MR) is 79.4 cm³/mol. The molecule has 2 aliphatic rings. The average molecular weight is 297 g/mol. The molecular formula is C17H15NO4. The van der Waals surface area contributed by atoms with Gasteiger partial charge in [0.2, 0.25) is 6.79 Å². The second kappa shape index (κ2) is 5.26. The van der Waals surface area contributed by atoms with Crippen molar-refractivity contribution in [2.75, 3.05) is 13.4 Å². The highest BCUT2D eigenvalue weighted by molar-refractivity contribution is 5.94. The lowest BCUT2D eigenvalue weighted by molar-refractivity contribution is 0.0950. The summed E-state index contributed by atoms with van der Waals surface area (Å²) in [5.74, 6) is 2.26. The lowest BCUT2D eigenvalue weighted by atomic mass is 10.1. The van der Waals surface area contributed by atoms with Crippen molar-refractivity contribution in [1.29, 1.82) is 0 Å². The standard InChI is InChI=1S/C17H15NO4/c19-17(13-2-4-14-12(8-13)5-6-20-14)18-9-11-1-3-15-16(7-11)22-10-21-15/h1-4,7-8H,5-6,9-10H2,(H,18,19). The van der Waals surface area contributed by atoms with E-state index in [0.717, 1.165) is 34.8 Å². The van der Waals surface area contributed by atoms with Crippen LogP contribution in [-0.4, -0.2) is 19.3 Å². The fourth-order valence-corrected chi connectivity index (χ4v) is 2.66. The van der Waals surface area contributed by atoms with E-state index in [1.54, 1.807) is 6.07 Å². The Morgan fingerprint density at radius 1 is 1.00 bits per heavy atom. The molecule has 2 heterocycles. The second-order valence-electron chi connectivity index (χ2n) is 5.29. The van der Waals surface area contributed by atoms with Crippen molar-refractivity contribution < 1.29 is 19.0 Å². The molecule has 22 heavy (non-hydrogen) atoms. The quantitative estimate of drug-likeness (QED) is 0.944. The van der Waals surface area contributed by atoms with Gasteiger partial charge in [0, 0.05) is 18.5 Å². The van der Waals surface area contributed by atoms with Gasteiger partial charge in [-0.25, -0.2) is 0 Å². The van der Waals surface area contributed by atoms with Crippen LogP contribution in [0, 0.1) is 0 Å². The largest absolute Gasteiger partial charge is 0.493 e. The predicted octanol–water partition coefficient (Wildman–Crippen LogP) is 2.28. The molecule has 0 unspecified atom stereocenters. The Morgan fingerprint density at radius 2 is 1.86 bits per heavy atom. The average Bonchev–Trinajstić information content (AvgIpc) is 3.19. The Morgan fingerprint density at radius 3 is 2.82 bits per heavy atom. The first-order valence-electron chi connectivity index (χ1n) is 7.22. The van der Waals surface area contributed by atoms with Gasteiger partial charge in [0.1, 0.15) is 5.75 Å². The summed E-state index contributed by atoms with van der Waals surface area (Å²) in [6.07, 6.45) is 0.860. The normalized spacial score (nSPS) is 14.4. The summed E-state index contributed by atoms with van der Waals surface area (Å²) in [6, 6.07) is 11.2. The molecule has 2 aromatic carbocycles. The fraction of sp³-hybridized carbons (Fsp3) is 0.235. The van der Waals surface area contributed by atoms with Crippen LogP contribution in [-0.2, 0) is 13.0 Å². The summed E-state index contributed by atoms with van der Waals surface area (Å²) in [6.45, 7) is 1.39. The number of carbonyl (C=O) groups is 1. The lowest BCUT2D eigenvalue weighted by Crippen LogP contribution is -2.22. The zero-order valence-electron chi connectivity index (χ0n) is 11.9.